The molecule has 16 heavy (non-hydrogen) atoms. The molecule has 7 heteroatoms. The molecule has 0 aliphatic heterocycles. The van der Waals surface area contributed by atoms with Crippen LogP contribution in [0, 0.1) is 0 Å². The number of hydrogen-bond acceptors (Lipinski definition) is 5. The zero-order chi connectivity index (χ0) is 12.0. The lowest BCUT2D eigenvalue weighted by molar-refractivity contribution is 0.400. The summed E-state index contributed by atoms with van der Waals surface area (Å²) >= 11 is 0. The second-order valence-corrected chi connectivity index (χ2v) is 5.06. The zero-order valence-corrected chi connectivity index (χ0v) is 10.0. The minimum absolute atomic E-state index is 0.0642. The van der Waals surface area contributed by atoms with E-state index in [0.717, 1.165) is 13.0 Å². The van der Waals surface area contributed by atoms with Crippen LogP contribution in [0.5, 0.6) is 0 Å². The number of rotatable bonds is 7. The molecule has 0 aromatic carbocycles. The van der Waals surface area contributed by atoms with Crippen LogP contribution in [0.15, 0.2) is 21.6 Å². The molecule has 0 saturated carbocycles. The number of hydrogen-bond donors (Lipinski definition) is 3. The van der Waals surface area contributed by atoms with E-state index in [9.17, 15) is 8.42 Å². The summed E-state index contributed by atoms with van der Waals surface area (Å²) in [6, 6.07) is 3.07. The minimum atomic E-state index is -3.48. The van der Waals surface area contributed by atoms with Crippen LogP contribution < -0.4 is 15.8 Å². The third-order valence-electron chi connectivity index (χ3n) is 2.03. The smallest absolute Gasteiger partial charge is 0.273 e. The summed E-state index contributed by atoms with van der Waals surface area (Å²) in [5.74, 6) is 0.589. The zero-order valence-electron chi connectivity index (χ0n) is 9.19. The molecule has 1 heterocycles. The number of furan rings is 1. The van der Waals surface area contributed by atoms with Gasteiger partial charge in [-0.3, -0.25) is 0 Å². The van der Waals surface area contributed by atoms with Crippen molar-refractivity contribution in [1.82, 2.24) is 10.0 Å². The van der Waals surface area contributed by atoms with Crippen LogP contribution in [0.1, 0.15) is 12.2 Å². The first-order valence-corrected chi connectivity index (χ1v) is 6.51. The summed E-state index contributed by atoms with van der Waals surface area (Å²) < 4.78 is 30.1. The molecule has 92 valence electrons. The maximum Gasteiger partial charge on any atom is 0.273 e. The lowest BCUT2D eigenvalue weighted by Gasteiger charge is -2.00. The van der Waals surface area contributed by atoms with Crippen LogP contribution >= 0.6 is 0 Å². The second kappa shape index (κ2) is 6.00. The van der Waals surface area contributed by atoms with Gasteiger partial charge in [0.05, 0.1) is 6.54 Å². The number of nitrogens with two attached hydrogens (primary N) is 1. The molecule has 1 aromatic heterocycles. The first kappa shape index (κ1) is 13.2. The quantitative estimate of drug-likeness (QED) is 0.571. The van der Waals surface area contributed by atoms with Crippen LogP contribution in [-0.4, -0.2) is 28.6 Å². The Balaban J connectivity index is 2.52. The molecule has 0 unspecified atom stereocenters. The van der Waals surface area contributed by atoms with Gasteiger partial charge in [-0.1, -0.05) is 0 Å². The summed E-state index contributed by atoms with van der Waals surface area (Å²) in [4.78, 5) is 0. The SMILES string of the molecule is CNS(=O)(=O)c1ccc(CNCCCN)o1. The average molecular weight is 247 g/mol. The van der Waals surface area contributed by atoms with Gasteiger partial charge in [-0.2, -0.15) is 0 Å². The van der Waals surface area contributed by atoms with Gasteiger partial charge < -0.3 is 15.5 Å². The standard InChI is InChI=1S/C9H17N3O3S/c1-11-16(13,14)9-4-3-8(15-9)7-12-6-2-5-10/h3-4,11-12H,2,5-7,10H2,1H3. The minimum Gasteiger partial charge on any atom is -0.447 e. The van der Waals surface area contributed by atoms with Crippen molar-refractivity contribution in [3.8, 4) is 0 Å². The molecule has 0 aliphatic carbocycles. The van der Waals surface area contributed by atoms with E-state index in [4.69, 9.17) is 10.2 Å². The van der Waals surface area contributed by atoms with E-state index >= 15 is 0 Å². The molecule has 6 nitrogen and oxygen atoms in total. The van der Waals surface area contributed by atoms with E-state index in [2.05, 4.69) is 10.0 Å². The van der Waals surface area contributed by atoms with Crippen molar-refractivity contribution in [1.29, 1.82) is 0 Å². The van der Waals surface area contributed by atoms with Gasteiger partial charge in [0.1, 0.15) is 5.76 Å². The third kappa shape index (κ3) is 3.60. The van der Waals surface area contributed by atoms with Crippen molar-refractivity contribution >= 4 is 10.0 Å². The maximum atomic E-state index is 11.3. The van der Waals surface area contributed by atoms with E-state index in [1.165, 1.54) is 13.1 Å². The van der Waals surface area contributed by atoms with Crippen molar-refractivity contribution in [2.45, 2.75) is 18.1 Å². The monoisotopic (exact) mass is 247 g/mol. The Bertz CT molecular complexity index is 413. The highest BCUT2D eigenvalue weighted by molar-refractivity contribution is 7.89. The molecule has 1 rings (SSSR count). The summed E-state index contributed by atoms with van der Waals surface area (Å²) in [6.45, 7) is 1.91. The van der Waals surface area contributed by atoms with Crippen LogP contribution in [-0.2, 0) is 16.6 Å². The van der Waals surface area contributed by atoms with Gasteiger partial charge in [-0.25, -0.2) is 13.1 Å². The fourth-order valence-corrected chi connectivity index (χ4v) is 1.80. The first-order valence-electron chi connectivity index (χ1n) is 5.03. The normalized spacial score (nSPS) is 11.9. The van der Waals surface area contributed by atoms with Gasteiger partial charge in [0.2, 0.25) is 5.09 Å². The second-order valence-electron chi connectivity index (χ2n) is 3.25. The predicted octanol–water partition coefficient (Wildman–Crippen LogP) is -0.374. The Morgan fingerprint density at radius 3 is 2.81 bits per heavy atom. The Kier molecular flexibility index (Phi) is 4.94. The fraction of sp³-hybridized carbons (Fsp3) is 0.556. The van der Waals surface area contributed by atoms with Crippen molar-refractivity contribution in [2.24, 2.45) is 5.73 Å². The number of nitrogens with one attached hydrogen (secondary N) is 2. The fourth-order valence-electron chi connectivity index (χ4n) is 1.14. The van der Waals surface area contributed by atoms with E-state index in [1.807, 2.05) is 0 Å². The molecule has 4 N–H and O–H groups in total. The molecule has 0 spiro atoms. The maximum absolute atomic E-state index is 11.3. The van der Waals surface area contributed by atoms with Crippen LogP contribution in [0.25, 0.3) is 0 Å². The van der Waals surface area contributed by atoms with Crippen LogP contribution in [0.2, 0.25) is 0 Å². The highest BCUT2D eigenvalue weighted by Gasteiger charge is 2.15. The first-order chi connectivity index (χ1) is 7.60. The topological polar surface area (TPSA) is 97.4 Å². The largest absolute Gasteiger partial charge is 0.447 e. The molecule has 0 saturated heterocycles. The van der Waals surface area contributed by atoms with E-state index in [1.54, 1.807) is 6.07 Å². The number of sulfonamides is 1. The van der Waals surface area contributed by atoms with Gasteiger partial charge in [0, 0.05) is 0 Å². The lowest BCUT2D eigenvalue weighted by atomic mass is 10.4. The highest BCUT2D eigenvalue weighted by atomic mass is 32.2. The Morgan fingerprint density at radius 1 is 1.44 bits per heavy atom. The van der Waals surface area contributed by atoms with Gasteiger partial charge >= 0.3 is 0 Å². The molecule has 0 atom stereocenters. The van der Waals surface area contributed by atoms with Gasteiger partial charge in [-0.15, -0.1) is 0 Å². The van der Waals surface area contributed by atoms with Crippen molar-refractivity contribution in [2.75, 3.05) is 20.1 Å². The third-order valence-corrected chi connectivity index (χ3v) is 3.31. The van der Waals surface area contributed by atoms with Crippen molar-refractivity contribution < 1.29 is 12.8 Å². The lowest BCUT2D eigenvalue weighted by Crippen LogP contribution is -2.18. The highest BCUT2D eigenvalue weighted by Crippen LogP contribution is 2.12. The van der Waals surface area contributed by atoms with Crippen molar-refractivity contribution in [3.63, 3.8) is 0 Å². The van der Waals surface area contributed by atoms with Crippen molar-refractivity contribution in [3.05, 3.63) is 17.9 Å². The Hall–Kier alpha value is -0.890. The van der Waals surface area contributed by atoms with Gasteiger partial charge in [0.15, 0.2) is 0 Å². The van der Waals surface area contributed by atoms with Crippen LogP contribution in [0.3, 0.4) is 0 Å². The van der Waals surface area contributed by atoms with Gasteiger partial charge in [0.25, 0.3) is 10.0 Å². The molecule has 0 bridgehead atoms. The molecule has 0 amide bonds. The predicted molar refractivity (Wildman–Crippen MR) is 60.3 cm³/mol. The molecular formula is C9H17N3O3S. The van der Waals surface area contributed by atoms with E-state index in [-0.39, 0.29) is 5.09 Å². The molecule has 1 aromatic rings. The Labute approximate surface area is 95.3 Å². The summed E-state index contributed by atoms with van der Waals surface area (Å²) in [6.07, 6.45) is 0.877. The molecular weight excluding hydrogens is 230 g/mol. The van der Waals surface area contributed by atoms with Gasteiger partial charge in [-0.05, 0) is 38.7 Å². The summed E-state index contributed by atoms with van der Waals surface area (Å²) in [7, 11) is -2.13. The molecule has 0 aliphatic rings. The summed E-state index contributed by atoms with van der Waals surface area (Å²) in [5, 5.41) is 3.03. The van der Waals surface area contributed by atoms with E-state index < -0.39 is 10.0 Å². The molecule has 0 radical (unpaired) electrons. The van der Waals surface area contributed by atoms with Crippen LogP contribution in [0.4, 0.5) is 0 Å². The average Bonchev–Trinajstić information content (AvgIpc) is 2.74. The summed E-state index contributed by atoms with van der Waals surface area (Å²) in [5.41, 5.74) is 5.34. The molecule has 0 fully saturated rings. The van der Waals surface area contributed by atoms with E-state index in [0.29, 0.717) is 18.8 Å². The Morgan fingerprint density at radius 2 is 2.19 bits per heavy atom.